The van der Waals surface area contributed by atoms with E-state index in [-0.39, 0.29) is 0 Å². The number of nitrogens with zero attached hydrogens (tertiary/aromatic N) is 2. The van der Waals surface area contributed by atoms with Gasteiger partial charge in [-0.2, -0.15) is 0 Å². The maximum absolute atomic E-state index is 4.18. The SMILES string of the molecule is CCn1cncc1CC1CCNC1. The summed E-state index contributed by atoms with van der Waals surface area (Å²) in [6, 6.07) is 0. The van der Waals surface area contributed by atoms with E-state index in [0.717, 1.165) is 12.5 Å². The van der Waals surface area contributed by atoms with Crippen LogP contribution in [-0.2, 0) is 13.0 Å². The first kappa shape index (κ1) is 8.75. The van der Waals surface area contributed by atoms with Crippen LogP contribution < -0.4 is 5.32 Å². The van der Waals surface area contributed by atoms with Crippen LogP contribution in [0.2, 0.25) is 0 Å². The van der Waals surface area contributed by atoms with E-state index in [9.17, 15) is 0 Å². The van der Waals surface area contributed by atoms with E-state index in [1.54, 1.807) is 0 Å². The standard InChI is InChI=1S/C10H17N3/c1-2-13-8-12-7-10(13)5-9-3-4-11-6-9/h7-9,11H,2-6H2,1H3. The average molecular weight is 179 g/mol. The summed E-state index contributed by atoms with van der Waals surface area (Å²) >= 11 is 0. The minimum Gasteiger partial charge on any atom is -0.335 e. The maximum Gasteiger partial charge on any atom is 0.0948 e. The Hall–Kier alpha value is -0.830. The van der Waals surface area contributed by atoms with Crippen LogP contribution in [0.1, 0.15) is 19.0 Å². The number of hydrogen-bond donors (Lipinski definition) is 1. The van der Waals surface area contributed by atoms with Crippen molar-refractivity contribution in [1.82, 2.24) is 14.9 Å². The molecule has 13 heavy (non-hydrogen) atoms. The van der Waals surface area contributed by atoms with E-state index >= 15 is 0 Å². The van der Waals surface area contributed by atoms with E-state index in [1.807, 2.05) is 12.5 Å². The van der Waals surface area contributed by atoms with Gasteiger partial charge in [-0.1, -0.05) is 0 Å². The highest BCUT2D eigenvalue weighted by Gasteiger charge is 2.16. The molecule has 1 N–H and O–H groups in total. The average Bonchev–Trinajstić information content (AvgIpc) is 2.76. The van der Waals surface area contributed by atoms with Gasteiger partial charge in [0.05, 0.1) is 6.33 Å². The molecule has 0 spiro atoms. The van der Waals surface area contributed by atoms with Gasteiger partial charge in [-0.05, 0) is 38.8 Å². The molecular weight excluding hydrogens is 162 g/mol. The molecule has 0 aliphatic carbocycles. The van der Waals surface area contributed by atoms with Crippen molar-refractivity contribution < 1.29 is 0 Å². The lowest BCUT2D eigenvalue weighted by Crippen LogP contribution is -2.12. The molecule has 2 rings (SSSR count). The molecule has 1 aromatic rings. The van der Waals surface area contributed by atoms with Crippen molar-refractivity contribution in [3.8, 4) is 0 Å². The van der Waals surface area contributed by atoms with Crippen molar-refractivity contribution in [3.63, 3.8) is 0 Å². The molecule has 1 aliphatic heterocycles. The van der Waals surface area contributed by atoms with Gasteiger partial charge in [0.1, 0.15) is 0 Å². The monoisotopic (exact) mass is 179 g/mol. The Morgan fingerprint density at radius 1 is 1.69 bits per heavy atom. The van der Waals surface area contributed by atoms with E-state index < -0.39 is 0 Å². The predicted octanol–water partition coefficient (Wildman–Crippen LogP) is 1.05. The summed E-state index contributed by atoms with van der Waals surface area (Å²) < 4.78 is 2.23. The predicted molar refractivity (Wildman–Crippen MR) is 52.6 cm³/mol. The molecular formula is C10H17N3. The molecule has 1 saturated heterocycles. The Kier molecular flexibility index (Phi) is 2.64. The fourth-order valence-electron chi connectivity index (χ4n) is 1.99. The van der Waals surface area contributed by atoms with Crippen LogP contribution in [0.5, 0.6) is 0 Å². The summed E-state index contributed by atoms with van der Waals surface area (Å²) in [6.45, 7) is 5.56. The van der Waals surface area contributed by atoms with E-state index in [2.05, 4.69) is 21.8 Å². The van der Waals surface area contributed by atoms with Gasteiger partial charge in [0, 0.05) is 18.4 Å². The van der Waals surface area contributed by atoms with Gasteiger partial charge in [-0.25, -0.2) is 4.98 Å². The van der Waals surface area contributed by atoms with Crippen LogP contribution in [0.15, 0.2) is 12.5 Å². The van der Waals surface area contributed by atoms with E-state index in [0.29, 0.717) is 0 Å². The molecule has 1 aliphatic rings. The molecule has 1 atom stereocenters. The lowest BCUT2D eigenvalue weighted by Gasteiger charge is -2.09. The first-order valence-corrected chi connectivity index (χ1v) is 5.10. The zero-order valence-corrected chi connectivity index (χ0v) is 8.16. The van der Waals surface area contributed by atoms with Crippen LogP contribution >= 0.6 is 0 Å². The molecule has 0 amide bonds. The normalized spacial score (nSPS) is 22.4. The van der Waals surface area contributed by atoms with Gasteiger partial charge in [0.15, 0.2) is 0 Å². The number of nitrogens with one attached hydrogen (secondary N) is 1. The van der Waals surface area contributed by atoms with Gasteiger partial charge in [0.2, 0.25) is 0 Å². The number of aromatic nitrogens is 2. The Morgan fingerprint density at radius 3 is 3.31 bits per heavy atom. The van der Waals surface area contributed by atoms with Crippen molar-refractivity contribution in [2.75, 3.05) is 13.1 Å². The van der Waals surface area contributed by atoms with Crippen molar-refractivity contribution in [2.45, 2.75) is 26.3 Å². The van der Waals surface area contributed by atoms with Gasteiger partial charge in [0.25, 0.3) is 0 Å². The van der Waals surface area contributed by atoms with Gasteiger partial charge in [-0.15, -0.1) is 0 Å². The highest BCUT2D eigenvalue weighted by molar-refractivity contribution is 5.00. The minimum atomic E-state index is 0.821. The lowest BCUT2D eigenvalue weighted by atomic mass is 10.0. The third-order valence-electron chi connectivity index (χ3n) is 2.80. The van der Waals surface area contributed by atoms with Gasteiger partial charge >= 0.3 is 0 Å². The van der Waals surface area contributed by atoms with Crippen LogP contribution in [0.3, 0.4) is 0 Å². The van der Waals surface area contributed by atoms with Crippen molar-refractivity contribution in [1.29, 1.82) is 0 Å². The Balaban J connectivity index is 1.99. The lowest BCUT2D eigenvalue weighted by molar-refractivity contribution is 0.550. The molecule has 0 bridgehead atoms. The van der Waals surface area contributed by atoms with Gasteiger partial charge in [-0.3, -0.25) is 0 Å². The Morgan fingerprint density at radius 2 is 2.62 bits per heavy atom. The summed E-state index contributed by atoms with van der Waals surface area (Å²) in [7, 11) is 0. The highest BCUT2D eigenvalue weighted by Crippen LogP contribution is 2.14. The third-order valence-corrected chi connectivity index (χ3v) is 2.80. The van der Waals surface area contributed by atoms with Crippen LogP contribution in [0.25, 0.3) is 0 Å². The van der Waals surface area contributed by atoms with Crippen LogP contribution in [-0.4, -0.2) is 22.6 Å². The Bertz CT molecular complexity index is 261. The smallest absolute Gasteiger partial charge is 0.0948 e. The van der Waals surface area contributed by atoms with Crippen LogP contribution in [0, 0.1) is 5.92 Å². The fraction of sp³-hybridized carbons (Fsp3) is 0.700. The largest absolute Gasteiger partial charge is 0.335 e. The van der Waals surface area contributed by atoms with Crippen molar-refractivity contribution >= 4 is 0 Å². The zero-order chi connectivity index (χ0) is 9.10. The summed E-state index contributed by atoms with van der Waals surface area (Å²) in [4.78, 5) is 4.18. The Labute approximate surface area is 79.2 Å². The second-order valence-corrected chi connectivity index (χ2v) is 3.73. The van der Waals surface area contributed by atoms with Crippen molar-refractivity contribution in [2.24, 2.45) is 5.92 Å². The van der Waals surface area contributed by atoms with Crippen LogP contribution in [0.4, 0.5) is 0 Å². The maximum atomic E-state index is 4.18. The molecule has 2 heterocycles. The fourth-order valence-corrected chi connectivity index (χ4v) is 1.99. The second-order valence-electron chi connectivity index (χ2n) is 3.73. The van der Waals surface area contributed by atoms with E-state index in [4.69, 9.17) is 0 Å². The zero-order valence-electron chi connectivity index (χ0n) is 8.16. The van der Waals surface area contributed by atoms with Crippen molar-refractivity contribution in [3.05, 3.63) is 18.2 Å². The molecule has 0 saturated carbocycles. The molecule has 1 aromatic heterocycles. The molecule has 0 aromatic carbocycles. The second kappa shape index (κ2) is 3.92. The number of imidazole rings is 1. The van der Waals surface area contributed by atoms with Gasteiger partial charge < -0.3 is 9.88 Å². The molecule has 72 valence electrons. The highest BCUT2D eigenvalue weighted by atomic mass is 15.0. The molecule has 1 fully saturated rings. The summed E-state index contributed by atoms with van der Waals surface area (Å²) in [5.41, 5.74) is 1.39. The summed E-state index contributed by atoms with van der Waals surface area (Å²) in [6.07, 6.45) is 6.43. The molecule has 0 radical (unpaired) electrons. The number of rotatable bonds is 3. The molecule has 3 heteroatoms. The molecule has 3 nitrogen and oxygen atoms in total. The number of hydrogen-bond acceptors (Lipinski definition) is 2. The summed E-state index contributed by atoms with van der Waals surface area (Å²) in [5.74, 6) is 0.821. The first-order chi connectivity index (χ1) is 6.40. The number of aryl methyl sites for hydroxylation is 1. The first-order valence-electron chi connectivity index (χ1n) is 5.10. The summed E-state index contributed by atoms with van der Waals surface area (Å²) in [5, 5.41) is 3.39. The third kappa shape index (κ3) is 1.91. The quantitative estimate of drug-likeness (QED) is 0.751. The van der Waals surface area contributed by atoms with E-state index in [1.165, 1.54) is 31.6 Å². The molecule has 1 unspecified atom stereocenters. The topological polar surface area (TPSA) is 29.9 Å². The minimum absolute atomic E-state index is 0.821.